The molecule has 0 aliphatic carbocycles. The van der Waals surface area contributed by atoms with Crippen molar-refractivity contribution < 1.29 is 4.74 Å². The average Bonchev–Trinajstić information content (AvgIpc) is 2.65. The molecule has 1 aromatic rings. The Morgan fingerprint density at radius 2 is 2.43 bits per heavy atom. The Morgan fingerprint density at radius 1 is 1.57 bits per heavy atom. The van der Waals surface area contributed by atoms with E-state index >= 15 is 0 Å². The van der Waals surface area contributed by atoms with Gasteiger partial charge in [-0.3, -0.25) is 0 Å². The van der Waals surface area contributed by atoms with Crippen molar-refractivity contribution >= 4 is 38.9 Å². The van der Waals surface area contributed by atoms with E-state index in [2.05, 4.69) is 21.3 Å². The second kappa shape index (κ2) is 4.97. The van der Waals surface area contributed by atoms with E-state index in [1.807, 2.05) is 6.07 Å². The van der Waals surface area contributed by atoms with Gasteiger partial charge in [0.15, 0.2) is 0 Å². The Labute approximate surface area is 102 Å². The Hall–Kier alpha value is 0.430. The Morgan fingerprint density at radius 3 is 3.00 bits per heavy atom. The van der Waals surface area contributed by atoms with Gasteiger partial charge in [-0.05, 0) is 46.6 Å². The molecule has 1 aromatic heterocycles. The molecule has 1 saturated heterocycles. The first kappa shape index (κ1) is 10.9. The molecule has 0 saturated carbocycles. The Kier molecular flexibility index (Phi) is 3.88. The van der Waals surface area contributed by atoms with E-state index in [1.54, 1.807) is 11.3 Å². The molecule has 1 aliphatic rings. The van der Waals surface area contributed by atoms with Crippen LogP contribution in [0.4, 0.5) is 0 Å². The van der Waals surface area contributed by atoms with Gasteiger partial charge in [0.25, 0.3) is 0 Å². The lowest BCUT2D eigenvalue weighted by molar-refractivity contribution is 0.0140. The van der Waals surface area contributed by atoms with E-state index < -0.39 is 0 Å². The van der Waals surface area contributed by atoms with Gasteiger partial charge in [-0.2, -0.15) is 0 Å². The first-order valence-electron chi connectivity index (χ1n) is 4.77. The summed E-state index contributed by atoms with van der Waals surface area (Å²) in [5.74, 6) is 0. The summed E-state index contributed by atoms with van der Waals surface area (Å²) >= 11 is 11.6. The number of hydrogen-bond donors (Lipinski definition) is 0. The number of hydrogen-bond acceptors (Lipinski definition) is 2. The van der Waals surface area contributed by atoms with Crippen LogP contribution in [0.5, 0.6) is 0 Å². The van der Waals surface area contributed by atoms with Gasteiger partial charge in [-0.1, -0.05) is 0 Å². The van der Waals surface area contributed by atoms with Crippen LogP contribution in [0.3, 0.4) is 0 Å². The van der Waals surface area contributed by atoms with Crippen molar-refractivity contribution in [2.75, 3.05) is 6.61 Å². The van der Waals surface area contributed by atoms with E-state index in [0.29, 0.717) is 0 Å². The lowest BCUT2D eigenvalue weighted by Gasteiger charge is -2.26. The van der Waals surface area contributed by atoms with E-state index in [-0.39, 0.29) is 11.5 Å². The highest BCUT2D eigenvalue weighted by Crippen LogP contribution is 2.38. The topological polar surface area (TPSA) is 9.23 Å². The molecule has 0 spiro atoms. The molecule has 2 unspecified atom stereocenters. The summed E-state index contributed by atoms with van der Waals surface area (Å²) < 4.78 is 6.78. The van der Waals surface area contributed by atoms with E-state index in [0.717, 1.165) is 17.5 Å². The molecular weight excluding hydrogens is 284 g/mol. The second-order valence-corrected chi connectivity index (χ2v) is 5.71. The highest BCUT2D eigenvalue weighted by molar-refractivity contribution is 9.10. The van der Waals surface area contributed by atoms with Crippen molar-refractivity contribution in [2.45, 2.75) is 30.7 Å². The zero-order valence-corrected chi connectivity index (χ0v) is 10.9. The molecule has 14 heavy (non-hydrogen) atoms. The summed E-state index contributed by atoms with van der Waals surface area (Å²) in [6, 6.07) is 2.04. The quantitative estimate of drug-likeness (QED) is 0.737. The molecule has 0 radical (unpaired) electrons. The van der Waals surface area contributed by atoms with Crippen LogP contribution >= 0.6 is 38.9 Å². The minimum absolute atomic E-state index is 0.00433. The number of ether oxygens (including phenoxy) is 1. The fraction of sp³-hybridized carbons (Fsp3) is 0.600. The smallest absolute Gasteiger partial charge is 0.0951 e. The first-order chi connectivity index (χ1) is 6.79. The molecule has 2 rings (SSSR count). The van der Waals surface area contributed by atoms with Crippen molar-refractivity contribution in [3.63, 3.8) is 0 Å². The lowest BCUT2D eigenvalue weighted by Crippen LogP contribution is -2.23. The number of alkyl halides is 1. The van der Waals surface area contributed by atoms with Gasteiger partial charge < -0.3 is 4.74 Å². The van der Waals surface area contributed by atoms with Crippen LogP contribution < -0.4 is 0 Å². The maximum Gasteiger partial charge on any atom is 0.0951 e. The molecule has 1 aliphatic heterocycles. The van der Waals surface area contributed by atoms with Crippen molar-refractivity contribution in [3.8, 4) is 0 Å². The van der Waals surface area contributed by atoms with Gasteiger partial charge in [-0.25, -0.2) is 0 Å². The maximum absolute atomic E-state index is 6.39. The molecule has 0 aromatic carbocycles. The molecule has 78 valence electrons. The van der Waals surface area contributed by atoms with Crippen LogP contribution in [0.25, 0.3) is 0 Å². The van der Waals surface area contributed by atoms with Gasteiger partial charge in [0.2, 0.25) is 0 Å². The third kappa shape index (κ3) is 2.32. The second-order valence-electron chi connectivity index (χ2n) is 3.44. The summed E-state index contributed by atoms with van der Waals surface area (Å²) in [5.41, 5.74) is 0. The predicted octanol–water partition coefficient (Wildman–Crippen LogP) is 4.36. The van der Waals surface area contributed by atoms with Crippen molar-refractivity contribution in [1.29, 1.82) is 0 Å². The summed E-state index contributed by atoms with van der Waals surface area (Å²) in [7, 11) is 0. The molecule has 2 atom stereocenters. The van der Waals surface area contributed by atoms with Crippen LogP contribution in [-0.2, 0) is 4.74 Å². The van der Waals surface area contributed by atoms with Crippen molar-refractivity contribution in [1.82, 2.24) is 0 Å². The Balaban J connectivity index is 2.07. The SMILES string of the molecule is ClC(c1sccc1Br)C1CCCCO1. The molecular formula is C10H12BrClOS. The highest BCUT2D eigenvalue weighted by atomic mass is 79.9. The Bertz CT molecular complexity index is 296. The van der Waals surface area contributed by atoms with Crippen LogP contribution in [0, 0.1) is 0 Å². The normalized spacial score (nSPS) is 24.9. The fourth-order valence-electron chi connectivity index (χ4n) is 1.67. The van der Waals surface area contributed by atoms with Gasteiger partial charge >= 0.3 is 0 Å². The standard InChI is InChI=1S/C10H12BrClOS/c11-7-4-6-14-10(7)9(12)8-3-1-2-5-13-8/h4,6,8-9H,1-3,5H2. The molecule has 1 fully saturated rings. The number of thiophene rings is 1. The molecule has 2 heterocycles. The number of rotatable bonds is 2. The number of halogens is 2. The first-order valence-corrected chi connectivity index (χ1v) is 6.88. The molecule has 0 bridgehead atoms. The summed E-state index contributed by atoms with van der Waals surface area (Å²) in [6.45, 7) is 0.858. The van der Waals surface area contributed by atoms with E-state index in [1.165, 1.54) is 17.7 Å². The minimum atomic E-state index is 0.00433. The highest BCUT2D eigenvalue weighted by Gasteiger charge is 2.26. The van der Waals surface area contributed by atoms with Gasteiger partial charge in [0, 0.05) is 16.0 Å². The van der Waals surface area contributed by atoms with Crippen LogP contribution in [0.2, 0.25) is 0 Å². The van der Waals surface area contributed by atoms with Gasteiger partial charge in [0.1, 0.15) is 0 Å². The molecule has 0 N–H and O–H groups in total. The maximum atomic E-state index is 6.39. The molecule has 4 heteroatoms. The largest absolute Gasteiger partial charge is 0.376 e. The van der Waals surface area contributed by atoms with E-state index in [4.69, 9.17) is 16.3 Å². The summed E-state index contributed by atoms with van der Waals surface area (Å²) in [6.07, 6.45) is 3.68. The van der Waals surface area contributed by atoms with Crippen molar-refractivity contribution in [3.05, 3.63) is 20.8 Å². The van der Waals surface area contributed by atoms with Gasteiger partial charge in [-0.15, -0.1) is 22.9 Å². The summed E-state index contributed by atoms with van der Waals surface area (Å²) in [5, 5.41) is 2.06. The average molecular weight is 296 g/mol. The molecule has 0 amide bonds. The monoisotopic (exact) mass is 294 g/mol. The van der Waals surface area contributed by atoms with Crippen LogP contribution in [0.15, 0.2) is 15.9 Å². The fourth-order valence-corrected chi connectivity index (χ4v) is 3.92. The molecule has 1 nitrogen and oxygen atoms in total. The predicted molar refractivity (Wildman–Crippen MR) is 64.2 cm³/mol. The zero-order chi connectivity index (χ0) is 9.97. The van der Waals surface area contributed by atoms with Gasteiger partial charge in [0.05, 0.1) is 11.5 Å². The lowest BCUT2D eigenvalue weighted by atomic mass is 10.1. The zero-order valence-electron chi connectivity index (χ0n) is 7.71. The third-order valence-electron chi connectivity index (χ3n) is 2.44. The summed E-state index contributed by atoms with van der Waals surface area (Å²) in [4.78, 5) is 1.19. The van der Waals surface area contributed by atoms with Crippen LogP contribution in [0.1, 0.15) is 29.5 Å². The van der Waals surface area contributed by atoms with Crippen molar-refractivity contribution in [2.24, 2.45) is 0 Å². The van der Waals surface area contributed by atoms with Crippen LogP contribution in [-0.4, -0.2) is 12.7 Å². The minimum Gasteiger partial charge on any atom is -0.376 e. The third-order valence-corrected chi connectivity index (χ3v) is 5.02. The van der Waals surface area contributed by atoms with E-state index in [9.17, 15) is 0 Å².